The number of rotatable bonds is 8. The standard InChI is InChI=1S/C27H27ClN4O5S/c1-35-25-20(24(33)29-12-15-2-6-17(28)7-3-15)11-21(23(31-25)22-13-30-26(38-22)16-4-5-16)37-19-8-9-32-18(10-19)14-36-27(32)34/h2-3,6-7,11,13,16,18-19H,4-5,8-10,12,14H2,1H3,(H,29,33)/t18-,19-/m0/s1. The minimum absolute atomic E-state index is 0.0112. The Morgan fingerprint density at radius 2 is 2.08 bits per heavy atom. The van der Waals surface area contributed by atoms with Crippen LogP contribution in [-0.2, 0) is 11.3 Å². The van der Waals surface area contributed by atoms with Crippen molar-refractivity contribution in [2.45, 2.75) is 50.3 Å². The van der Waals surface area contributed by atoms with Gasteiger partial charge in [-0.3, -0.25) is 4.79 Å². The van der Waals surface area contributed by atoms with Gasteiger partial charge < -0.3 is 24.4 Å². The van der Waals surface area contributed by atoms with Gasteiger partial charge in [-0.05, 0) is 30.5 Å². The van der Waals surface area contributed by atoms with Crippen molar-refractivity contribution in [2.24, 2.45) is 0 Å². The molecular weight excluding hydrogens is 528 g/mol. The molecule has 3 aromatic rings. The molecule has 1 N–H and O–H groups in total. The predicted molar refractivity (Wildman–Crippen MR) is 142 cm³/mol. The first kappa shape index (κ1) is 24.9. The molecule has 2 atom stereocenters. The summed E-state index contributed by atoms with van der Waals surface area (Å²) in [5.41, 5.74) is 1.80. The van der Waals surface area contributed by atoms with Crippen LogP contribution >= 0.6 is 22.9 Å². The summed E-state index contributed by atoms with van der Waals surface area (Å²) < 4.78 is 17.3. The number of nitrogens with one attached hydrogen (secondary N) is 1. The Morgan fingerprint density at radius 1 is 1.26 bits per heavy atom. The van der Waals surface area contributed by atoms with E-state index in [0.29, 0.717) is 54.9 Å². The van der Waals surface area contributed by atoms with E-state index in [1.807, 2.05) is 18.3 Å². The lowest BCUT2D eigenvalue weighted by Gasteiger charge is -2.32. The minimum Gasteiger partial charge on any atom is -0.488 e. The van der Waals surface area contributed by atoms with Crippen LogP contribution in [-0.4, -0.2) is 59.3 Å². The average molecular weight is 555 g/mol. The van der Waals surface area contributed by atoms with Gasteiger partial charge in [0.15, 0.2) is 0 Å². The third-order valence-corrected chi connectivity index (χ3v) is 8.45. The fraction of sp³-hybridized carbons (Fsp3) is 0.407. The van der Waals surface area contributed by atoms with Crippen LogP contribution in [0, 0.1) is 0 Å². The molecule has 0 unspecified atom stereocenters. The van der Waals surface area contributed by atoms with Crippen molar-refractivity contribution < 1.29 is 23.8 Å². The molecule has 0 spiro atoms. The van der Waals surface area contributed by atoms with Crippen LogP contribution in [0.25, 0.3) is 10.6 Å². The number of carbonyl (C=O) groups excluding carboxylic acids is 2. The molecule has 2 amide bonds. The van der Waals surface area contributed by atoms with E-state index in [2.05, 4.69) is 10.3 Å². The molecule has 1 saturated carbocycles. The van der Waals surface area contributed by atoms with Crippen molar-refractivity contribution in [1.82, 2.24) is 20.2 Å². The number of carbonyl (C=O) groups is 2. The summed E-state index contributed by atoms with van der Waals surface area (Å²) >= 11 is 7.57. The van der Waals surface area contributed by atoms with E-state index in [1.165, 1.54) is 7.11 Å². The highest BCUT2D eigenvalue weighted by Gasteiger charge is 2.39. The van der Waals surface area contributed by atoms with Gasteiger partial charge in [0.25, 0.3) is 5.91 Å². The Morgan fingerprint density at radius 3 is 2.84 bits per heavy atom. The molecule has 1 aliphatic carbocycles. The largest absolute Gasteiger partial charge is 0.488 e. The molecule has 11 heteroatoms. The Hall–Kier alpha value is -3.37. The molecule has 0 bridgehead atoms. The van der Waals surface area contributed by atoms with Gasteiger partial charge in [-0.15, -0.1) is 11.3 Å². The molecule has 1 aromatic carbocycles. The van der Waals surface area contributed by atoms with Crippen molar-refractivity contribution in [3.8, 4) is 22.2 Å². The van der Waals surface area contributed by atoms with Crippen LogP contribution in [0.1, 0.15) is 52.5 Å². The van der Waals surface area contributed by atoms with Crippen molar-refractivity contribution >= 4 is 34.9 Å². The average Bonchev–Trinajstić information content (AvgIpc) is 3.55. The Kier molecular flexibility index (Phi) is 6.84. The number of benzene rings is 1. The SMILES string of the molecule is COc1nc(-c2cnc(C3CC3)s2)c(O[C@H]2CCN3C(=O)OC[C@@H]3C2)cc1C(=O)NCc1ccc(Cl)cc1. The molecule has 2 aromatic heterocycles. The Labute approximate surface area is 229 Å². The number of hydrogen-bond donors (Lipinski definition) is 1. The van der Waals surface area contributed by atoms with E-state index in [4.69, 9.17) is 30.8 Å². The van der Waals surface area contributed by atoms with Crippen molar-refractivity contribution in [3.05, 3.63) is 57.7 Å². The van der Waals surface area contributed by atoms with E-state index in [0.717, 1.165) is 28.3 Å². The molecule has 0 radical (unpaired) electrons. The van der Waals surface area contributed by atoms with Crippen LogP contribution in [0.5, 0.6) is 11.6 Å². The van der Waals surface area contributed by atoms with Gasteiger partial charge in [-0.25, -0.2) is 14.8 Å². The molecule has 3 fully saturated rings. The number of ether oxygens (including phenoxy) is 3. The zero-order chi connectivity index (χ0) is 26.2. The highest BCUT2D eigenvalue weighted by molar-refractivity contribution is 7.15. The Balaban J connectivity index is 1.29. The summed E-state index contributed by atoms with van der Waals surface area (Å²) in [7, 11) is 1.50. The number of piperidine rings is 1. The quantitative estimate of drug-likeness (QED) is 0.416. The smallest absolute Gasteiger partial charge is 0.410 e. The van der Waals surface area contributed by atoms with Crippen LogP contribution in [0.4, 0.5) is 4.79 Å². The van der Waals surface area contributed by atoms with Gasteiger partial charge in [-0.2, -0.15) is 0 Å². The number of aromatic nitrogens is 2. The van der Waals surface area contributed by atoms with Gasteiger partial charge in [0, 0.05) is 49.1 Å². The monoisotopic (exact) mass is 554 g/mol. The highest BCUT2D eigenvalue weighted by Crippen LogP contribution is 2.45. The summed E-state index contributed by atoms with van der Waals surface area (Å²) in [4.78, 5) is 37.2. The van der Waals surface area contributed by atoms with Gasteiger partial charge >= 0.3 is 6.09 Å². The molecule has 38 heavy (non-hydrogen) atoms. The van der Waals surface area contributed by atoms with Crippen LogP contribution in [0.3, 0.4) is 0 Å². The number of amides is 2. The fourth-order valence-electron chi connectivity index (χ4n) is 4.81. The third-order valence-electron chi connectivity index (χ3n) is 7.04. The van der Waals surface area contributed by atoms with E-state index >= 15 is 0 Å². The van der Waals surface area contributed by atoms with Crippen LogP contribution in [0.15, 0.2) is 36.5 Å². The summed E-state index contributed by atoms with van der Waals surface area (Å²) in [6, 6.07) is 8.98. The predicted octanol–water partition coefficient (Wildman–Crippen LogP) is 5.04. The summed E-state index contributed by atoms with van der Waals surface area (Å²) in [6.07, 6.45) is 5.01. The molecule has 4 heterocycles. The van der Waals surface area contributed by atoms with Crippen molar-refractivity contribution in [3.63, 3.8) is 0 Å². The van der Waals surface area contributed by atoms with E-state index in [1.54, 1.807) is 34.4 Å². The Bertz CT molecular complexity index is 1360. The molecule has 3 aliphatic rings. The summed E-state index contributed by atoms with van der Waals surface area (Å²) in [5, 5.41) is 4.66. The molecule has 198 valence electrons. The minimum atomic E-state index is -0.326. The maximum Gasteiger partial charge on any atom is 0.410 e. The second-order valence-corrected chi connectivity index (χ2v) is 11.2. The number of hydrogen-bond acceptors (Lipinski definition) is 8. The van der Waals surface area contributed by atoms with Crippen molar-refractivity contribution in [2.75, 3.05) is 20.3 Å². The summed E-state index contributed by atoms with van der Waals surface area (Å²) in [6.45, 7) is 1.25. The zero-order valence-corrected chi connectivity index (χ0v) is 22.4. The van der Waals surface area contributed by atoms with Crippen molar-refractivity contribution in [1.29, 1.82) is 0 Å². The number of pyridine rings is 1. The van der Waals surface area contributed by atoms with Gasteiger partial charge in [0.05, 0.1) is 23.0 Å². The second-order valence-electron chi connectivity index (χ2n) is 9.73. The molecule has 6 rings (SSSR count). The third kappa shape index (κ3) is 5.15. The fourth-order valence-corrected chi connectivity index (χ4v) is 6.02. The number of nitrogens with zero attached hydrogens (tertiary/aromatic N) is 3. The maximum atomic E-state index is 13.3. The number of thiazole rings is 1. The van der Waals surface area contributed by atoms with Gasteiger partial charge in [-0.1, -0.05) is 23.7 Å². The first-order chi connectivity index (χ1) is 18.5. The lowest BCUT2D eigenvalue weighted by atomic mass is 10.0. The number of cyclic esters (lactones) is 1. The topological polar surface area (TPSA) is 103 Å². The number of methoxy groups -OCH3 is 1. The zero-order valence-electron chi connectivity index (χ0n) is 20.8. The first-order valence-electron chi connectivity index (χ1n) is 12.7. The molecule has 2 saturated heterocycles. The lowest BCUT2D eigenvalue weighted by Crippen LogP contribution is -2.44. The van der Waals surface area contributed by atoms with E-state index in [9.17, 15) is 9.59 Å². The van der Waals surface area contributed by atoms with Gasteiger partial charge in [0.1, 0.15) is 29.7 Å². The van der Waals surface area contributed by atoms with E-state index < -0.39 is 0 Å². The number of fused-ring (bicyclic) bond motifs is 1. The molecule has 9 nitrogen and oxygen atoms in total. The normalized spacial score (nSPS) is 20.6. The van der Waals surface area contributed by atoms with Crippen LogP contribution in [0.2, 0.25) is 5.02 Å². The second kappa shape index (κ2) is 10.4. The lowest BCUT2D eigenvalue weighted by molar-refractivity contribution is 0.0913. The molecule has 2 aliphatic heterocycles. The molecular formula is C27H27ClN4O5S. The summed E-state index contributed by atoms with van der Waals surface area (Å²) in [5.74, 6) is 0.902. The highest BCUT2D eigenvalue weighted by atomic mass is 35.5. The van der Waals surface area contributed by atoms with E-state index in [-0.39, 0.29) is 35.6 Å². The van der Waals surface area contributed by atoms with Crippen LogP contribution < -0.4 is 14.8 Å². The first-order valence-corrected chi connectivity index (χ1v) is 13.9. The maximum absolute atomic E-state index is 13.3. The number of halogens is 1. The van der Waals surface area contributed by atoms with Gasteiger partial charge in [0.2, 0.25) is 5.88 Å².